The number of rotatable bonds is 7. The third kappa shape index (κ3) is 5.46. The number of pyridine rings is 1. The van der Waals surface area contributed by atoms with E-state index < -0.39 is 0 Å². The Kier molecular flexibility index (Phi) is 6.27. The zero-order valence-corrected chi connectivity index (χ0v) is 15.2. The second-order valence-corrected chi connectivity index (χ2v) is 6.32. The zero-order chi connectivity index (χ0) is 19.1. The highest BCUT2D eigenvalue weighted by molar-refractivity contribution is 6.30. The number of benzene rings is 1. The Morgan fingerprint density at radius 2 is 2.00 bits per heavy atom. The van der Waals surface area contributed by atoms with Crippen LogP contribution in [0.3, 0.4) is 0 Å². The van der Waals surface area contributed by atoms with Crippen LogP contribution in [-0.2, 0) is 17.6 Å². The molecule has 0 saturated carbocycles. The summed E-state index contributed by atoms with van der Waals surface area (Å²) in [5, 5.41) is 11.3. The second-order valence-electron chi connectivity index (χ2n) is 5.88. The summed E-state index contributed by atoms with van der Waals surface area (Å²) in [4.78, 5) is 31.0. The molecule has 0 fully saturated rings. The van der Waals surface area contributed by atoms with E-state index in [2.05, 4.69) is 25.5 Å². The van der Waals surface area contributed by atoms with Crippen LogP contribution >= 0.6 is 11.6 Å². The van der Waals surface area contributed by atoms with Crippen molar-refractivity contribution in [3.8, 4) is 11.4 Å². The van der Waals surface area contributed by atoms with Crippen molar-refractivity contribution in [1.29, 1.82) is 0 Å². The number of aromatic nitrogens is 4. The van der Waals surface area contributed by atoms with Crippen LogP contribution in [0, 0.1) is 0 Å². The van der Waals surface area contributed by atoms with Gasteiger partial charge in [0.2, 0.25) is 5.91 Å². The van der Waals surface area contributed by atoms with Crippen molar-refractivity contribution in [2.75, 3.05) is 6.54 Å². The first-order valence-corrected chi connectivity index (χ1v) is 8.88. The van der Waals surface area contributed by atoms with Crippen molar-refractivity contribution in [1.82, 2.24) is 25.5 Å². The lowest BCUT2D eigenvalue weighted by Gasteiger charge is -2.05. The summed E-state index contributed by atoms with van der Waals surface area (Å²) in [6.45, 7) is 0.492. The minimum Gasteiger partial charge on any atom is -0.356 e. The molecule has 0 aliphatic carbocycles. The highest BCUT2D eigenvalue weighted by Gasteiger charge is 2.09. The number of carbonyl (C=O) groups excluding carboxylic acids is 1. The van der Waals surface area contributed by atoms with Crippen molar-refractivity contribution in [2.24, 2.45) is 0 Å². The summed E-state index contributed by atoms with van der Waals surface area (Å²) in [5.74, 6) is 0.192. The van der Waals surface area contributed by atoms with Gasteiger partial charge in [-0.25, -0.2) is 0 Å². The first kappa shape index (κ1) is 18.7. The molecule has 0 bridgehead atoms. The summed E-state index contributed by atoms with van der Waals surface area (Å²) in [6.07, 6.45) is 2.75. The molecule has 1 aromatic carbocycles. The quantitative estimate of drug-likeness (QED) is 0.651. The molecule has 0 spiro atoms. The molecule has 0 radical (unpaired) electrons. The molecule has 0 unspecified atom stereocenters. The molecule has 2 N–H and O–H groups in total. The molecule has 138 valence electrons. The van der Waals surface area contributed by atoms with Crippen LogP contribution in [-0.4, -0.2) is 32.6 Å². The fourth-order valence-corrected chi connectivity index (χ4v) is 2.68. The van der Waals surface area contributed by atoms with Crippen molar-refractivity contribution < 1.29 is 4.79 Å². The summed E-state index contributed by atoms with van der Waals surface area (Å²) in [7, 11) is 0. The minimum absolute atomic E-state index is 0.147. The molecule has 2 heterocycles. The third-order valence-corrected chi connectivity index (χ3v) is 4.12. The first-order chi connectivity index (χ1) is 13.1. The van der Waals surface area contributed by atoms with Gasteiger partial charge in [0.25, 0.3) is 5.56 Å². The predicted molar refractivity (Wildman–Crippen MR) is 102 cm³/mol. The van der Waals surface area contributed by atoms with Gasteiger partial charge in [-0.15, -0.1) is 10.2 Å². The Balaban J connectivity index is 1.52. The van der Waals surface area contributed by atoms with Crippen LogP contribution in [0.5, 0.6) is 0 Å². The van der Waals surface area contributed by atoms with E-state index in [0.29, 0.717) is 29.4 Å². The monoisotopic (exact) mass is 383 g/mol. The van der Waals surface area contributed by atoms with Gasteiger partial charge >= 0.3 is 0 Å². The molecule has 7 nitrogen and oxygen atoms in total. The maximum Gasteiger partial charge on any atom is 0.273 e. The number of H-pyrrole nitrogens is 1. The van der Waals surface area contributed by atoms with E-state index in [0.717, 1.165) is 5.69 Å². The minimum atomic E-state index is -0.360. The Morgan fingerprint density at radius 3 is 2.74 bits per heavy atom. The number of nitrogens with zero attached hydrogens (tertiary/aromatic N) is 3. The average Bonchev–Trinajstić information content (AvgIpc) is 2.68. The van der Waals surface area contributed by atoms with Gasteiger partial charge in [0, 0.05) is 48.3 Å². The fraction of sp³-hybridized carbons (Fsp3) is 0.211. The van der Waals surface area contributed by atoms with Gasteiger partial charge in [0.1, 0.15) is 5.69 Å². The summed E-state index contributed by atoms with van der Waals surface area (Å²) < 4.78 is 0. The lowest BCUT2D eigenvalue weighted by atomic mass is 10.2. The fourth-order valence-electron chi connectivity index (χ4n) is 2.49. The molecular weight excluding hydrogens is 366 g/mol. The lowest BCUT2D eigenvalue weighted by Crippen LogP contribution is -2.27. The summed E-state index contributed by atoms with van der Waals surface area (Å²) >= 11 is 5.94. The molecule has 2 aromatic heterocycles. The average molecular weight is 384 g/mol. The number of amides is 1. The van der Waals surface area contributed by atoms with E-state index in [-0.39, 0.29) is 30.0 Å². The maximum atomic E-state index is 12.2. The van der Waals surface area contributed by atoms with E-state index in [1.807, 2.05) is 18.2 Å². The van der Waals surface area contributed by atoms with E-state index in [9.17, 15) is 9.59 Å². The number of hydrogen-bond donors (Lipinski definition) is 2. The van der Waals surface area contributed by atoms with E-state index in [1.165, 1.54) is 0 Å². The van der Waals surface area contributed by atoms with Crippen molar-refractivity contribution in [2.45, 2.75) is 19.3 Å². The second kappa shape index (κ2) is 9.05. The Morgan fingerprint density at radius 1 is 1.11 bits per heavy atom. The molecule has 3 rings (SSSR count). The SMILES string of the molecule is O=C(CCc1nnc(-c2cccc(Cl)c2)[nH]c1=O)NCCc1ccccn1. The third-order valence-electron chi connectivity index (χ3n) is 3.88. The number of aromatic amines is 1. The van der Waals surface area contributed by atoms with Crippen molar-refractivity contribution in [3.05, 3.63) is 75.4 Å². The standard InChI is InChI=1S/C19H18ClN5O2/c20-14-5-3-4-13(12-14)18-23-19(27)16(24-25-18)7-8-17(26)22-11-9-15-6-1-2-10-21-15/h1-6,10,12H,7-9,11H2,(H,22,26)(H,23,25,27). The first-order valence-electron chi connectivity index (χ1n) is 8.50. The largest absolute Gasteiger partial charge is 0.356 e. The predicted octanol–water partition coefficient (Wildman–Crippen LogP) is 2.17. The highest BCUT2D eigenvalue weighted by atomic mass is 35.5. The van der Waals surface area contributed by atoms with Crippen molar-refractivity contribution in [3.63, 3.8) is 0 Å². The smallest absolute Gasteiger partial charge is 0.273 e. The van der Waals surface area contributed by atoms with Crippen LogP contribution in [0.25, 0.3) is 11.4 Å². The molecule has 0 aliphatic heterocycles. The molecule has 27 heavy (non-hydrogen) atoms. The van der Waals surface area contributed by atoms with E-state index >= 15 is 0 Å². The Hall–Kier alpha value is -3.06. The normalized spacial score (nSPS) is 10.6. The van der Waals surface area contributed by atoms with Crippen LogP contribution in [0.4, 0.5) is 0 Å². The zero-order valence-electron chi connectivity index (χ0n) is 14.5. The molecule has 0 aliphatic rings. The molecule has 3 aromatic rings. The Bertz CT molecular complexity index is 975. The summed E-state index contributed by atoms with van der Waals surface area (Å²) in [5.41, 5.74) is 1.45. The van der Waals surface area contributed by atoms with Gasteiger partial charge in [-0.2, -0.15) is 0 Å². The number of hydrogen-bond acceptors (Lipinski definition) is 5. The van der Waals surface area contributed by atoms with Gasteiger partial charge in [-0.1, -0.05) is 29.8 Å². The van der Waals surface area contributed by atoms with Gasteiger partial charge < -0.3 is 10.3 Å². The van der Waals surface area contributed by atoms with Crippen LogP contribution < -0.4 is 10.9 Å². The molecule has 8 heteroatoms. The van der Waals surface area contributed by atoms with E-state index in [1.54, 1.807) is 30.5 Å². The molecular formula is C19H18ClN5O2. The molecule has 1 amide bonds. The number of nitrogens with one attached hydrogen (secondary N) is 2. The number of halogens is 1. The van der Waals surface area contributed by atoms with Crippen LogP contribution in [0.1, 0.15) is 17.8 Å². The number of carbonyl (C=O) groups is 1. The van der Waals surface area contributed by atoms with E-state index in [4.69, 9.17) is 11.6 Å². The van der Waals surface area contributed by atoms with Gasteiger partial charge in [0.15, 0.2) is 5.82 Å². The van der Waals surface area contributed by atoms with Crippen LogP contribution in [0.15, 0.2) is 53.5 Å². The maximum absolute atomic E-state index is 12.2. The lowest BCUT2D eigenvalue weighted by molar-refractivity contribution is -0.121. The van der Waals surface area contributed by atoms with Gasteiger partial charge in [-0.05, 0) is 24.3 Å². The summed E-state index contributed by atoms with van der Waals surface area (Å²) in [6, 6.07) is 12.6. The van der Waals surface area contributed by atoms with Gasteiger partial charge in [-0.3, -0.25) is 14.6 Å². The Labute approximate surface area is 160 Å². The highest BCUT2D eigenvalue weighted by Crippen LogP contribution is 2.17. The topological polar surface area (TPSA) is 101 Å². The number of aryl methyl sites for hydroxylation is 1. The molecule has 0 atom stereocenters. The van der Waals surface area contributed by atoms with Crippen LogP contribution in [0.2, 0.25) is 5.02 Å². The molecule has 0 saturated heterocycles. The van der Waals surface area contributed by atoms with Gasteiger partial charge in [0.05, 0.1) is 0 Å². The van der Waals surface area contributed by atoms with Crippen molar-refractivity contribution >= 4 is 17.5 Å².